The fraction of sp³-hybridized carbons (Fsp3) is 0.0714. The van der Waals surface area contributed by atoms with Gasteiger partial charge in [0.25, 0.3) is 0 Å². The second kappa shape index (κ2) is 8.80. The van der Waals surface area contributed by atoms with Gasteiger partial charge in [-0.25, -0.2) is 9.59 Å². The number of hydrogen-bond acceptors (Lipinski definition) is 3. The Bertz CT molecular complexity index is 1140. The maximum absolute atomic E-state index is 12.9. The first-order valence-electron chi connectivity index (χ1n) is 10.1. The van der Waals surface area contributed by atoms with E-state index in [4.69, 9.17) is 4.74 Å². The molecule has 31 heavy (non-hydrogen) atoms. The van der Waals surface area contributed by atoms with Crippen LogP contribution in [0, 0.1) is 13.8 Å². The summed E-state index contributed by atoms with van der Waals surface area (Å²) >= 11 is 0. The van der Waals surface area contributed by atoms with Crippen molar-refractivity contribution in [3.63, 3.8) is 0 Å². The molecule has 0 aromatic heterocycles. The maximum Gasteiger partial charge on any atom is 0.346 e. The molecule has 0 atom stereocenters. The molecule has 0 aliphatic heterocycles. The van der Waals surface area contributed by atoms with Gasteiger partial charge >= 0.3 is 11.9 Å². The SMILES string of the molecule is Cc1ccc(-c2ccccc2C(=O)OC(=O)c2ccccc2-c2ccc(C)cc2)cc1. The van der Waals surface area contributed by atoms with Gasteiger partial charge < -0.3 is 4.74 Å². The molecule has 3 nitrogen and oxygen atoms in total. The van der Waals surface area contributed by atoms with Crippen LogP contribution in [-0.4, -0.2) is 11.9 Å². The Morgan fingerprint density at radius 3 is 1.26 bits per heavy atom. The van der Waals surface area contributed by atoms with Crippen LogP contribution in [0.15, 0.2) is 97.1 Å². The highest BCUT2D eigenvalue weighted by Crippen LogP contribution is 2.27. The smallest absolute Gasteiger partial charge is 0.346 e. The zero-order valence-electron chi connectivity index (χ0n) is 17.5. The summed E-state index contributed by atoms with van der Waals surface area (Å²) in [6.07, 6.45) is 0. The topological polar surface area (TPSA) is 43.4 Å². The largest absolute Gasteiger partial charge is 0.386 e. The first kappa shape index (κ1) is 20.3. The van der Waals surface area contributed by atoms with Gasteiger partial charge in [-0.1, -0.05) is 96.1 Å². The van der Waals surface area contributed by atoms with Crippen molar-refractivity contribution < 1.29 is 14.3 Å². The van der Waals surface area contributed by atoms with Gasteiger partial charge in [-0.3, -0.25) is 0 Å². The molecule has 4 aromatic carbocycles. The lowest BCUT2D eigenvalue weighted by Crippen LogP contribution is -2.14. The van der Waals surface area contributed by atoms with Gasteiger partial charge in [-0.15, -0.1) is 0 Å². The lowest BCUT2D eigenvalue weighted by atomic mass is 9.98. The lowest BCUT2D eigenvalue weighted by molar-refractivity contribution is 0.0399. The molecule has 0 saturated heterocycles. The van der Waals surface area contributed by atoms with Gasteiger partial charge in [-0.05, 0) is 48.2 Å². The minimum atomic E-state index is -0.667. The molecule has 0 radical (unpaired) electrons. The predicted molar refractivity (Wildman–Crippen MR) is 123 cm³/mol. The molecule has 4 aromatic rings. The average molecular weight is 406 g/mol. The van der Waals surface area contributed by atoms with E-state index in [0.29, 0.717) is 11.1 Å². The summed E-state index contributed by atoms with van der Waals surface area (Å²) in [6.45, 7) is 4.02. The molecule has 0 saturated carbocycles. The van der Waals surface area contributed by atoms with Crippen molar-refractivity contribution in [3.8, 4) is 22.3 Å². The minimum absolute atomic E-state index is 0.354. The minimum Gasteiger partial charge on any atom is -0.386 e. The lowest BCUT2D eigenvalue weighted by Gasteiger charge is -2.11. The van der Waals surface area contributed by atoms with Crippen molar-refractivity contribution in [2.24, 2.45) is 0 Å². The predicted octanol–water partition coefficient (Wildman–Crippen LogP) is 6.63. The molecule has 0 spiro atoms. The molecular weight excluding hydrogens is 384 g/mol. The van der Waals surface area contributed by atoms with Crippen LogP contribution in [0.4, 0.5) is 0 Å². The first-order valence-corrected chi connectivity index (χ1v) is 10.1. The molecular formula is C28H22O3. The zero-order valence-corrected chi connectivity index (χ0v) is 17.5. The van der Waals surface area contributed by atoms with Gasteiger partial charge in [0, 0.05) is 0 Å². The van der Waals surface area contributed by atoms with E-state index in [1.165, 1.54) is 0 Å². The van der Waals surface area contributed by atoms with E-state index < -0.39 is 11.9 Å². The number of ether oxygens (including phenoxy) is 1. The molecule has 0 N–H and O–H groups in total. The summed E-state index contributed by atoms with van der Waals surface area (Å²) in [5.74, 6) is -1.33. The van der Waals surface area contributed by atoms with Crippen LogP contribution in [-0.2, 0) is 4.74 Å². The summed E-state index contributed by atoms with van der Waals surface area (Å²) in [5, 5.41) is 0. The standard InChI is InChI=1S/C28H22O3/c1-19-11-15-21(16-12-19)23-7-3-5-9-25(23)27(29)31-28(30)26-10-6-4-8-24(26)22-17-13-20(2)14-18-22/h3-18H,1-2H3. The summed E-state index contributed by atoms with van der Waals surface area (Å²) in [6, 6.07) is 30.1. The first-order chi connectivity index (χ1) is 15.0. The fourth-order valence-corrected chi connectivity index (χ4v) is 3.49. The third-order valence-corrected chi connectivity index (χ3v) is 5.20. The van der Waals surface area contributed by atoms with Gasteiger partial charge in [0.15, 0.2) is 0 Å². The Hall–Kier alpha value is -3.98. The van der Waals surface area contributed by atoms with E-state index in [0.717, 1.165) is 33.4 Å². The van der Waals surface area contributed by atoms with Crippen LogP contribution in [0.2, 0.25) is 0 Å². The van der Waals surface area contributed by atoms with Crippen molar-refractivity contribution in [1.82, 2.24) is 0 Å². The van der Waals surface area contributed by atoms with Crippen LogP contribution in [0.25, 0.3) is 22.3 Å². The molecule has 0 unspecified atom stereocenters. The molecule has 0 aliphatic rings. The molecule has 0 aliphatic carbocycles. The number of carbonyl (C=O) groups is 2. The highest BCUT2D eigenvalue weighted by Gasteiger charge is 2.21. The number of aryl methyl sites for hydroxylation is 2. The Morgan fingerprint density at radius 1 is 0.516 bits per heavy atom. The van der Waals surface area contributed by atoms with E-state index in [1.54, 1.807) is 24.3 Å². The zero-order chi connectivity index (χ0) is 21.8. The molecule has 152 valence electrons. The Kier molecular flexibility index (Phi) is 5.76. The Labute approximate surface area is 181 Å². The molecule has 4 rings (SSSR count). The van der Waals surface area contributed by atoms with Crippen LogP contribution in [0.1, 0.15) is 31.8 Å². The second-order valence-corrected chi connectivity index (χ2v) is 7.50. The number of rotatable bonds is 4. The van der Waals surface area contributed by atoms with Gasteiger partial charge in [-0.2, -0.15) is 0 Å². The van der Waals surface area contributed by atoms with Crippen molar-refractivity contribution in [2.75, 3.05) is 0 Å². The molecule has 0 fully saturated rings. The van der Waals surface area contributed by atoms with E-state index in [9.17, 15) is 9.59 Å². The van der Waals surface area contributed by atoms with Crippen LogP contribution < -0.4 is 0 Å². The van der Waals surface area contributed by atoms with Crippen molar-refractivity contribution in [3.05, 3.63) is 119 Å². The quantitative estimate of drug-likeness (QED) is 0.282. The molecule has 0 heterocycles. The summed E-state index contributed by atoms with van der Waals surface area (Å²) in [5.41, 5.74) is 6.22. The van der Waals surface area contributed by atoms with Crippen molar-refractivity contribution >= 4 is 11.9 Å². The van der Waals surface area contributed by atoms with Gasteiger partial charge in [0.05, 0.1) is 11.1 Å². The Morgan fingerprint density at radius 2 is 0.871 bits per heavy atom. The summed E-state index contributed by atoms with van der Waals surface area (Å²) < 4.78 is 5.32. The second-order valence-electron chi connectivity index (χ2n) is 7.50. The third-order valence-electron chi connectivity index (χ3n) is 5.20. The van der Waals surface area contributed by atoms with Crippen LogP contribution in [0.5, 0.6) is 0 Å². The van der Waals surface area contributed by atoms with Crippen molar-refractivity contribution in [1.29, 1.82) is 0 Å². The fourth-order valence-electron chi connectivity index (χ4n) is 3.49. The average Bonchev–Trinajstić information content (AvgIpc) is 2.80. The Balaban J connectivity index is 1.63. The summed E-state index contributed by atoms with van der Waals surface area (Å²) in [4.78, 5) is 25.9. The van der Waals surface area contributed by atoms with Crippen LogP contribution in [0.3, 0.4) is 0 Å². The third kappa shape index (κ3) is 4.46. The highest BCUT2D eigenvalue weighted by molar-refractivity contribution is 6.08. The van der Waals surface area contributed by atoms with E-state index >= 15 is 0 Å². The van der Waals surface area contributed by atoms with Gasteiger partial charge in [0.1, 0.15) is 0 Å². The monoisotopic (exact) mass is 406 g/mol. The molecule has 0 bridgehead atoms. The van der Waals surface area contributed by atoms with Crippen molar-refractivity contribution in [2.45, 2.75) is 13.8 Å². The highest BCUT2D eigenvalue weighted by atomic mass is 16.6. The van der Waals surface area contributed by atoms with Crippen LogP contribution >= 0.6 is 0 Å². The van der Waals surface area contributed by atoms with E-state index in [-0.39, 0.29) is 0 Å². The van der Waals surface area contributed by atoms with Gasteiger partial charge in [0.2, 0.25) is 0 Å². The van der Waals surface area contributed by atoms with E-state index in [1.807, 2.05) is 86.6 Å². The number of carbonyl (C=O) groups excluding carboxylic acids is 2. The number of hydrogen-bond donors (Lipinski definition) is 0. The normalized spacial score (nSPS) is 10.5. The molecule has 0 amide bonds. The van der Waals surface area contributed by atoms with E-state index in [2.05, 4.69) is 0 Å². The molecule has 3 heteroatoms. The number of esters is 2. The maximum atomic E-state index is 12.9. The number of benzene rings is 4. The summed E-state index contributed by atoms with van der Waals surface area (Å²) in [7, 11) is 0.